The zero-order valence-corrected chi connectivity index (χ0v) is 20.0. The topological polar surface area (TPSA) is 115 Å². The summed E-state index contributed by atoms with van der Waals surface area (Å²) in [5.74, 6) is -0.797. The van der Waals surface area contributed by atoms with E-state index in [0.717, 1.165) is 17.0 Å². The van der Waals surface area contributed by atoms with Crippen LogP contribution in [0.1, 0.15) is 53.2 Å². The monoisotopic (exact) mass is 488 g/mol. The van der Waals surface area contributed by atoms with Crippen LogP contribution in [0.25, 0.3) is 5.69 Å². The van der Waals surface area contributed by atoms with Gasteiger partial charge in [0.25, 0.3) is 11.6 Å². The normalized spacial score (nSPS) is 12.6. The van der Waals surface area contributed by atoms with Crippen LogP contribution in [0.4, 0.5) is 15.8 Å². The van der Waals surface area contributed by atoms with Gasteiger partial charge in [-0.3, -0.25) is 19.9 Å². The Morgan fingerprint density at radius 1 is 1.08 bits per heavy atom. The Bertz CT molecular complexity index is 1390. The maximum Gasteiger partial charge on any atom is 0.293 e. The second-order valence-corrected chi connectivity index (χ2v) is 8.38. The molecule has 0 fully saturated rings. The molecule has 10 heteroatoms. The molecule has 0 aliphatic carbocycles. The molecule has 0 radical (unpaired) electrons. The number of hydrogen-bond acceptors (Lipinski definition) is 6. The molecule has 0 aliphatic heterocycles. The predicted octanol–water partition coefficient (Wildman–Crippen LogP) is 5.29. The van der Waals surface area contributed by atoms with Gasteiger partial charge >= 0.3 is 0 Å². The molecule has 9 nitrogen and oxygen atoms in total. The summed E-state index contributed by atoms with van der Waals surface area (Å²) in [6.45, 7) is 5.50. The number of rotatable bonds is 8. The summed E-state index contributed by atoms with van der Waals surface area (Å²) in [5.41, 5.74) is 3.22. The van der Waals surface area contributed by atoms with Gasteiger partial charge in [0, 0.05) is 29.1 Å². The van der Waals surface area contributed by atoms with Crippen LogP contribution in [-0.2, 0) is 0 Å². The number of benzene rings is 2. The molecule has 0 spiro atoms. The molecule has 0 saturated heterocycles. The van der Waals surface area contributed by atoms with Gasteiger partial charge in [0.1, 0.15) is 11.5 Å². The number of nitrogens with zero attached hydrogens (tertiary/aromatic N) is 4. The number of hydrogen-bond donors (Lipinski definition) is 2. The maximum absolute atomic E-state index is 13.3. The van der Waals surface area contributed by atoms with Crippen LogP contribution in [0, 0.1) is 22.9 Å². The molecule has 2 aromatic carbocycles. The first-order valence-electron chi connectivity index (χ1n) is 11.3. The summed E-state index contributed by atoms with van der Waals surface area (Å²) in [6.07, 6.45) is 3.29. The van der Waals surface area contributed by atoms with E-state index < -0.39 is 16.9 Å². The molecule has 2 N–H and O–H groups in total. The van der Waals surface area contributed by atoms with Crippen molar-refractivity contribution in [3.8, 4) is 5.69 Å². The molecule has 0 bridgehead atoms. The Morgan fingerprint density at radius 3 is 2.50 bits per heavy atom. The number of pyridine rings is 1. The molecule has 2 unspecified atom stereocenters. The predicted molar refractivity (Wildman–Crippen MR) is 134 cm³/mol. The van der Waals surface area contributed by atoms with Crippen molar-refractivity contribution in [2.75, 3.05) is 5.32 Å². The van der Waals surface area contributed by atoms with Gasteiger partial charge in [-0.25, -0.2) is 9.07 Å². The largest absolute Gasteiger partial charge is 0.371 e. The highest BCUT2D eigenvalue weighted by Crippen LogP contribution is 2.29. The Hall–Kier alpha value is -4.60. The van der Waals surface area contributed by atoms with Crippen molar-refractivity contribution in [3.63, 3.8) is 0 Å². The maximum atomic E-state index is 13.3. The lowest BCUT2D eigenvalue weighted by Gasteiger charge is -2.16. The molecular weight excluding hydrogens is 463 g/mol. The Balaban J connectivity index is 1.51. The van der Waals surface area contributed by atoms with Crippen LogP contribution >= 0.6 is 0 Å². The van der Waals surface area contributed by atoms with Crippen molar-refractivity contribution >= 4 is 17.3 Å². The van der Waals surface area contributed by atoms with E-state index in [9.17, 15) is 19.3 Å². The third-order valence-corrected chi connectivity index (χ3v) is 5.89. The van der Waals surface area contributed by atoms with Gasteiger partial charge in [0.05, 0.1) is 34.6 Å². The summed E-state index contributed by atoms with van der Waals surface area (Å²) in [4.78, 5) is 28.4. The number of carbonyl (C=O) groups excluding carboxylic acids is 1. The number of halogens is 1. The Kier molecular flexibility index (Phi) is 7.05. The minimum Gasteiger partial charge on any atom is -0.371 e. The van der Waals surface area contributed by atoms with Crippen molar-refractivity contribution in [2.45, 2.75) is 32.9 Å². The first kappa shape index (κ1) is 24.5. The number of carbonyl (C=O) groups is 1. The fourth-order valence-electron chi connectivity index (χ4n) is 3.93. The molecule has 0 aliphatic rings. The zero-order chi connectivity index (χ0) is 25.8. The van der Waals surface area contributed by atoms with Crippen LogP contribution in [0.3, 0.4) is 0 Å². The van der Waals surface area contributed by atoms with Crippen molar-refractivity contribution in [3.05, 3.63) is 112 Å². The lowest BCUT2D eigenvalue weighted by atomic mass is 10.1. The standard InChI is InChI=1S/C26H25FN6O3/c1-16(22-15-29-32(18(22)3)21-10-8-20(27)9-11-21)31-26(34)19-7-12-24(25(14-19)33(35)36)30-17(2)23-6-4-5-13-28-23/h4-17,30H,1-3H3,(H,31,34). The summed E-state index contributed by atoms with van der Waals surface area (Å²) in [6, 6.07) is 15.0. The average Bonchev–Trinajstić information content (AvgIpc) is 3.26. The van der Waals surface area contributed by atoms with E-state index in [2.05, 4.69) is 20.7 Å². The van der Waals surface area contributed by atoms with Crippen molar-refractivity contribution < 1.29 is 14.1 Å². The van der Waals surface area contributed by atoms with Gasteiger partial charge in [-0.2, -0.15) is 5.10 Å². The molecule has 2 aromatic heterocycles. The number of amides is 1. The van der Waals surface area contributed by atoms with Gasteiger partial charge in [-0.1, -0.05) is 6.07 Å². The minimum atomic E-state index is -0.523. The summed E-state index contributed by atoms with van der Waals surface area (Å²) in [5, 5.41) is 22.1. The number of aromatic nitrogens is 3. The Labute approximate surface area is 207 Å². The van der Waals surface area contributed by atoms with Crippen molar-refractivity contribution in [2.24, 2.45) is 0 Å². The van der Waals surface area contributed by atoms with E-state index in [-0.39, 0.29) is 23.1 Å². The first-order chi connectivity index (χ1) is 17.2. The van der Waals surface area contributed by atoms with Crippen LogP contribution in [-0.4, -0.2) is 25.6 Å². The van der Waals surface area contributed by atoms with E-state index in [4.69, 9.17) is 0 Å². The van der Waals surface area contributed by atoms with Crippen LogP contribution < -0.4 is 10.6 Å². The third kappa shape index (κ3) is 5.22. The van der Waals surface area contributed by atoms with E-state index >= 15 is 0 Å². The molecule has 2 heterocycles. The highest BCUT2D eigenvalue weighted by molar-refractivity contribution is 5.96. The second kappa shape index (κ2) is 10.3. The third-order valence-electron chi connectivity index (χ3n) is 5.89. The highest BCUT2D eigenvalue weighted by atomic mass is 19.1. The van der Waals surface area contributed by atoms with E-state index in [1.54, 1.807) is 42.2 Å². The molecule has 184 valence electrons. The fourth-order valence-corrected chi connectivity index (χ4v) is 3.93. The lowest BCUT2D eigenvalue weighted by molar-refractivity contribution is -0.384. The lowest BCUT2D eigenvalue weighted by Crippen LogP contribution is -2.27. The molecule has 0 saturated carbocycles. The van der Waals surface area contributed by atoms with Gasteiger partial charge in [0.15, 0.2) is 0 Å². The molecule has 2 atom stereocenters. The van der Waals surface area contributed by atoms with Gasteiger partial charge in [-0.05, 0) is 69.3 Å². The SMILES string of the molecule is Cc1c(C(C)NC(=O)c2ccc(NC(C)c3ccccn3)c([N+](=O)[O-])c2)cnn1-c1ccc(F)cc1. The van der Waals surface area contributed by atoms with Gasteiger partial charge in [-0.15, -0.1) is 0 Å². The Morgan fingerprint density at radius 2 is 1.83 bits per heavy atom. The van der Waals surface area contributed by atoms with Gasteiger partial charge < -0.3 is 10.6 Å². The number of anilines is 1. The van der Waals surface area contributed by atoms with Crippen molar-refractivity contribution in [1.29, 1.82) is 0 Å². The smallest absolute Gasteiger partial charge is 0.293 e. The van der Waals surface area contributed by atoms with Crippen LogP contribution in [0.2, 0.25) is 0 Å². The van der Waals surface area contributed by atoms with E-state index in [1.807, 2.05) is 26.0 Å². The van der Waals surface area contributed by atoms with Gasteiger partial charge in [0.2, 0.25) is 0 Å². The number of nitro groups is 1. The molecule has 1 amide bonds. The molecule has 4 aromatic rings. The molecule has 36 heavy (non-hydrogen) atoms. The van der Waals surface area contributed by atoms with Crippen molar-refractivity contribution in [1.82, 2.24) is 20.1 Å². The summed E-state index contributed by atoms with van der Waals surface area (Å²) >= 11 is 0. The second-order valence-electron chi connectivity index (χ2n) is 8.38. The van der Waals surface area contributed by atoms with E-state index in [1.165, 1.54) is 30.3 Å². The van der Waals surface area contributed by atoms with E-state index in [0.29, 0.717) is 11.4 Å². The number of nitrogens with one attached hydrogen (secondary N) is 2. The molecule has 4 rings (SSSR count). The summed E-state index contributed by atoms with van der Waals surface area (Å²) in [7, 11) is 0. The highest BCUT2D eigenvalue weighted by Gasteiger charge is 2.22. The number of nitro benzene ring substituents is 1. The molecular formula is C26H25FN6O3. The fraction of sp³-hybridized carbons (Fsp3) is 0.192. The zero-order valence-electron chi connectivity index (χ0n) is 20.0. The summed E-state index contributed by atoms with van der Waals surface area (Å²) < 4.78 is 14.9. The van der Waals surface area contributed by atoms with Crippen LogP contribution in [0.15, 0.2) is 73.1 Å². The minimum absolute atomic E-state index is 0.160. The first-order valence-corrected chi connectivity index (χ1v) is 11.3. The van der Waals surface area contributed by atoms with Crippen LogP contribution in [0.5, 0.6) is 0 Å². The average molecular weight is 489 g/mol. The quantitative estimate of drug-likeness (QED) is 0.257.